The number of rotatable bonds is 4. The van der Waals surface area contributed by atoms with E-state index in [-0.39, 0.29) is 0 Å². The van der Waals surface area contributed by atoms with Crippen molar-refractivity contribution in [1.29, 1.82) is 0 Å². The van der Waals surface area contributed by atoms with Crippen molar-refractivity contribution >= 4 is 17.5 Å². The number of aliphatic hydroxyl groups is 2. The van der Waals surface area contributed by atoms with E-state index in [1.807, 2.05) is 0 Å². The van der Waals surface area contributed by atoms with Gasteiger partial charge >= 0.3 is 0 Å². The van der Waals surface area contributed by atoms with Gasteiger partial charge in [-0.15, -0.1) is 0 Å². The minimum absolute atomic E-state index is 0.398. The highest BCUT2D eigenvalue weighted by molar-refractivity contribution is 6.30. The minimum atomic E-state index is -1.71. The number of hydrogen-bond donors (Lipinski definition) is 3. The molecule has 0 bridgehead atoms. The molecule has 0 spiro atoms. The third kappa shape index (κ3) is 3.12. The molecule has 0 heterocycles. The lowest BCUT2D eigenvalue weighted by Crippen LogP contribution is -2.26. The van der Waals surface area contributed by atoms with Crippen molar-refractivity contribution in [1.82, 2.24) is 0 Å². The van der Waals surface area contributed by atoms with Gasteiger partial charge in [-0.3, -0.25) is 4.79 Å². The third-order valence-electron chi connectivity index (χ3n) is 2.16. The summed E-state index contributed by atoms with van der Waals surface area (Å²) in [6, 6.07) is 1.78. The summed E-state index contributed by atoms with van der Waals surface area (Å²) in [5.41, 5.74) is 4.41. The second-order valence-electron chi connectivity index (χ2n) is 3.45. The minimum Gasteiger partial charge on any atom is -0.390 e. The first-order valence-electron chi connectivity index (χ1n) is 4.62. The summed E-state index contributed by atoms with van der Waals surface area (Å²) >= 11 is 5.30. The molecule has 1 amide bonds. The Kier molecular flexibility index (Phi) is 4.39. The van der Waals surface area contributed by atoms with Gasteiger partial charge in [0, 0.05) is 5.56 Å². The Balaban J connectivity index is 3.00. The second kappa shape index (κ2) is 5.39. The Morgan fingerprint density at radius 1 is 1.41 bits per heavy atom. The van der Waals surface area contributed by atoms with Gasteiger partial charge in [-0.05, 0) is 6.07 Å². The molecule has 0 aromatic heterocycles. The van der Waals surface area contributed by atoms with Crippen LogP contribution in [0.3, 0.4) is 0 Å². The van der Waals surface area contributed by atoms with Crippen LogP contribution in [0, 0.1) is 11.6 Å². The maximum Gasteiger partial charge on any atom is 0.220 e. The van der Waals surface area contributed by atoms with E-state index in [0.717, 1.165) is 12.1 Å². The van der Waals surface area contributed by atoms with Gasteiger partial charge in [0.1, 0.15) is 16.9 Å². The van der Waals surface area contributed by atoms with Crippen LogP contribution in [-0.4, -0.2) is 22.2 Å². The average molecular weight is 266 g/mol. The summed E-state index contributed by atoms with van der Waals surface area (Å²) in [7, 11) is 0. The van der Waals surface area contributed by atoms with Crippen LogP contribution in [-0.2, 0) is 4.79 Å². The molecule has 0 aliphatic heterocycles. The molecular weight excluding hydrogens is 256 g/mol. The number of nitrogens with two attached hydrogens (primary N) is 1. The van der Waals surface area contributed by atoms with E-state index >= 15 is 0 Å². The quantitative estimate of drug-likeness (QED) is 0.707. The Labute approximate surface area is 101 Å². The zero-order valence-electron chi connectivity index (χ0n) is 8.53. The Morgan fingerprint density at radius 2 is 2.00 bits per heavy atom. The predicted molar refractivity (Wildman–Crippen MR) is 56.1 cm³/mol. The van der Waals surface area contributed by atoms with Gasteiger partial charge in [0.25, 0.3) is 0 Å². The van der Waals surface area contributed by atoms with Gasteiger partial charge in [0.05, 0.1) is 12.5 Å². The SMILES string of the molecule is NC(=O)CC(O)C(O)c1ccc(F)c(Cl)c1F. The molecule has 4 nitrogen and oxygen atoms in total. The Morgan fingerprint density at radius 3 is 2.53 bits per heavy atom. The summed E-state index contributed by atoms with van der Waals surface area (Å²) < 4.78 is 26.3. The number of aliphatic hydroxyl groups excluding tert-OH is 2. The van der Waals surface area contributed by atoms with E-state index in [0.29, 0.717) is 0 Å². The second-order valence-corrected chi connectivity index (χ2v) is 3.83. The normalized spacial score (nSPS) is 14.4. The molecule has 1 rings (SSSR count). The van der Waals surface area contributed by atoms with E-state index in [4.69, 9.17) is 17.3 Å². The molecule has 1 aromatic rings. The lowest BCUT2D eigenvalue weighted by Gasteiger charge is -2.17. The summed E-state index contributed by atoms with van der Waals surface area (Å²) in [4.78, 5) is 10.5. The first-order valence-corrected chi connectivity index (χ1v) is 5.00. The molecule has 94 valence electrons. The van der Waals surface area contributed by atoms with Crippen LogP contribution in [0.1, 0.15) is 18.1 Å². The fourth-order valence-electron chi connectivity index (χ4n) is 1.29. The smallest absolute Gasteiger partial charge is 0.220 e. The molecular formula is C10H10ClF2NO3. The van der Waals surface area contributed by atoms with Crippen LogP contribution < -0.4 is 5.73 Å². The number of carbonyl (C=O) groups is 1. The summed E-state index contributed by atoms with van der Waals surface area (Å²) in [5, 5.41) is 18.1. The van der Waals surface area contributed by atoms with Crippen molar-refractivity contribution in [3.8, 4) is 0 Å². The van der Waals surface area contributed by atoms with Crippen molar-refractivity contribution in [2.45, 2.75) is 18.6 Å². The van der Waals surface area contributed by atoms with Crippen LogP contribution in [0.25, 0.3) is 0 Å². The van der Waals surface area contributed by atoms with Crippen molar-refractivity contribution in [2.24, 2.45) is 5.73 Å². The number of benzene rings is 1. The maximum atomic E-state index is 13.5. The number of hydrogen-bond acceptors (Lipinski definition) is 3. The van der Waals surface area contributed by atoms with Crippen LogP contribution >= 0.6 is 11.6 Å². The first kappa shape index (κ1) is 13.8. The molecule has 0 radical (unpaired) electrons. The van der Waals surface area contributed by atoms with E-state index in [1.54, 1.807) is 0 Å². The van der Waals surface area contributed by atoms with Crippen molar-refractivity contribution in [3.05, 3.63) is 34.4 Å². The number of primary amides is 1. The van der Waals surface area contributed by atoms with Crippen molar-refractivity contribution < 1.29 is 23.8 Å². The first-order chi connectivity index (χ1) is 7.84. The summed E-state index contributed by atoms with van der Waals surface area (Å²) in [6.07, 6.45) is -3.83. The lowest BCUT2D eigenvalue weighted by molar-refractivity contribution is -0.121. The third-order valence-corrected chi connectivity index (χ3v) is 2.50. The molecule has 0 saturated carbocycles. The topological polar surface area (TPSA) is 83.6 Å². The van der Waals surface area contributed by atoms with Crippen LogP contribution in [0.4, 0.5) is 8.78 Å². The molecule has 17 heavy (non-hydrogen) atoms. The zero-order chi connectivity index (χ0) is 13.2. The number of amides is 1. The standard InChI is InChI=1S/C10H10ClF2NO3/c11-8-5(12)2-1-4(9(8)13)10(17)6(15)3-7(14)16/h1-2,6,10,15,17H,3H2,(H2,14,16). The monoisotopic (exact) mass is 265 g/mol. The molecule has 0 aliphatic carbocycles. The van der Waals surface area contributed by atoms with Crippen LogP contribution in [0.15, 0.2) is 12.1 Å². The van der Waals surface area contributed by atoms with Crippen molar-refractivity contribution in [3.63, 3.8) is 0 Å². The van der Waals surface area contributed by atoms with Gasteiger partial charge < -0.3 is 15.9 Å². The zero-order valence-corrected chi connectivity index (χ0v) is 9.29. The van der Waals surface area contributed by atoms with E-state index in [1.165, 1.54) is 0 Å². The molecule has 1 aromatic carbocycles. The van der Waals surface area contributed by atoms with Crippen LogP contribution in [0.2, 0.25) is 5.02 Å². The van der Waals surface area contributed by atoms with Gasteiger partial charge in [-0.25, -0.2) is 8.78 Å². The van der Waals surface area contributed by atoms with Gasteiger partial charge in [-0.1, -0.05) is 17.7 Å². The van der Waals surface area contributed by atoms with E-state index in [9.17, 15) is 23.8 Å². The molecule has 2 unspecified atom stereocenters. The average Bonchev–Trinajstić information content (AvgIpc) is 2.24. The molecule has 7 heteroatoms. The Hall–Kier alpha value is -1.24. The molecule has 0 saturated heterocycles. The Bertz CT molecular complexity index is 442. The fourth-order valence-corrected chi connectivity index (χ4v) is 1.47. The highest BCUT2D eigenvalue weighted by Crippen LogP contribution is 2.28. The lowest BCUT2D eigenvalue weighted by atomic mass is 10.0. The van der Waals surface area contributed by atoms with Crippen molar-refractivity contribution in [2.75, 3.05) is 0 Å². The van der Waals surface area contributed by atoms with E-state index in [2.05, 4.69) is 0 Å². The fraction of sp³-hybridized carbons (Fsp3) is 0.300. The molecule has 4 N–H and O–H groups in total. The predicted octanol–water partition coefficient (Wildman–Crippen LogP) is 0.888. The highest BCUT2D eigenvalue weighted by Gasteiger charge is 2.25. The molecule has 2 atom stereocenters. The number of halogens is 3. The summed E-state index contributed by atoms with van der Waals surface area (Å²) in [5.74, 6) is -3.02. The maximum absolute atomic E-state index is 13.5. The highest BCUT2D eigenvalue weighted by atomic mass is 35.5. The van der Waals surface area contributed by atoms with Gasteiger partial charge in [0.2, 0.25) is 5.91 Å². The molecule has 0 fully saturated rings. The van der Waals surface area contributed by atoms with Crippen LogP contribution in [0.5, 0.6) is 0 Å². The summed E-state index contributed by atoms with van der Waals surface area (Å²) in [6.45, 7) is 0. The van der Waals surface area contributed by atoms with Gasteiger partial charge in [0.15, 0.2) is 5.82 Å². The van der Waals surface area contributed by atoms with Gasteiger partial charge in [-0.2, -0.15) is 0 Å². The van der Waals surface area contributed by atoms with E-state index < -0.39 is 46.8 Å². The molecule has 0 aliphatic rings. The number of carbonyl (C=O) groups excluding carboxylic acids is 1. The largest absolute Gasteiger partial charge is 0.390 e.